The van der Waals surface area contributed by atoms with Gasteiger partial charge in [-0.2, -0.15) is 52.7 Å². The van der Waals surface area contributed by atoms with Crippen LogP contribution in [0.15, 0.2) is 0 Å². The first kappa shape index (κ1) is 29.7. The number of halogens is 17. The van der Waals surface area contributed by atoms with Gasteiger partial charge in [-0.05, 0) is 0 Å². The monoisotopic (exact) mass is 535 g/mol. The highest BCUT2D eigenvalue weighted by atomic mass is 19.4. The van der Waals surface area contributed by atoms with Crippen molar-refractivity contribution in [2.24, 2.45) is 0 Å². The lowest BCUT2D eigenvalue weighted by Gasteiger charge is -2.43. The van der Waals surface area contributed by atoms with Crippen molar-refractivity contribution in [1.82, 2.24) is 4.90 Å². The third kappa shape index (κ3) is 7.09. The lowest BCUT2D eigenvalue weighted by molar-refractivity contribution is -0.433. The van der Waals surface area contributed by atoms with Gasteiger partial charge in [-0.1, -0.05) is 0 Å². The smallest absolute Gasteiger partial charge is 0.373 e. The molecule has 0 saturated carbocycles. The molecule has 1 aliphatic heterocycles. The van der Waals surface area contributed by atoms with Gasteiger partial charge in [-0.3, -0.25) is 0 Å². The normalized spacial score (nSPS) is 24.2. The zero-order chi connectivity index (χ0) is 26.4. The van der Waals surface area contributed by atoms with Crippen LogP contribution in [0.5, 0.6) is 0 Å². The van der Waals surface area contributed by atoms with E-state index in [0.717, 1.165) is 0 Å². The molecular weight excluding hydrogens is 525 g/mol. The van der Waals surface area contributed by atoms with Crippen LogP contribution in [-0.4, -0.2) is 79.3 Å². The lowest BCUT2D eigenvalue weighted by atomic mass is 10.0. The number of ether oxygens (including phenoxy) is 2. The number of nitrogens with zero attached hydrogens (tertiary/aromatic N) is 1. The van der Waals surface area contributed by atoms with Crippen LogP contribution in [0.1, 0.15) is 6.42 Å². The molecule has 1 heterocycles. The van der Waals surface area contributed by atoms with Crippen LogP contribution in [0.3, 0.4) is 0 Å². The van der Waals surface area contributed by atoms with E-state index in [0.29, 0.717) is 0 Å². The van der Waals surface area contributed by atoms with E-state index >= 15 is 0 Å². The summed E-state index contributed by atoms with van der Waals surface area (Å²) in [5.41, 5.74) is 0. The molecule has 0 aliphatic carbocycles. The molecule has 33 heavy (non-hydrogen) atoms. The van der Waals surface area contributed by atoms with Crippen LogP contribution in [0, 0.1) is 0 Å². The van der Waals surface area contributed by atoms with Crippen LogP contribution in [0.25, 0.3) is 0 Å². The van der Waals surface area contributed by atoms with Gasteiger partial charge in [0.2, 0.25) is 0 Å². The van der Waals surface area contributed by atoms with E-state index in [1.54, 1.807) is 0 Å². The van der Waals surface area contributed by atoms with Crippen molar-refractivity contribution in [2.75, 3.05) is 13.2 Å². The number of hydrogen-bond acceptors (Lipinski definition) is 3. The first-order chi connectivity index (χ1) is 14.3. The summed E-state index contributed by atoms with van der Waals surface area (Å²) >= 11 is 0. The maximum Gasteiger partial charge on any atom is 0.467 e. The van der Waals surface area contributed by atoms with E-state index in [2.05, 4.69) is 9.47 Å². The number of hydrogen-bond donors (Lipinski definition) is 0. The van der Waals surface area contributed by atoms with Crippen molar-refractivity contribution in [2.45, 2.75) is 67.6 Å². The molecule has 0 aromatic heterocycles. The topological polar surface area (TPSA) is 21.7 Å². The summed E-state index contributed by atoms with van der Waals surface area (Å²) in [5.74, 6) is -11.3. The average molecular weight is 535 g/mol. The molecule has 0 aromatic rings. The molecule has 1 aliphatic rings. The molecule has 0 aromatic carbocycles. The van der Waals surface area contributed by atoms with Crippen molar-refractivity contribution < 1.29 is 84.1 Å². The highest BCUT2D eigenvalue weighted by Crippen LogP contribution is 2.48. The quantitative estimate of drug-likeness (QED) is 0.327. The maximum atomic E-state index is 14.2. The van der Waals surface area contributed by atoms with E-state index < -0.39 is 85.8 Å². The largest absolute Gasteiger partial charge is 0.467 e. The predicted octanol–water partition coefficient (Wildman–Crippen LogP) is 5.60. The number of alkyl halides is 17. The molecule has 0 spiro atoms. The van der Waals surface area contributed by atoms with E-state index in [4.69, 9.17) is 0 Å². The van der Waals surface area contributed by atoms with E-state index in [1.807, 2.05) is 0 Å². The summed E-state index contributed by atoms with van der Waals surface area (Å²) in [5, 5.41) is 0. The minimum absolute atomic E-state index is 1.73. The fraction of sp³-hybridized carbons (Fsp3) is 1.00. The Kier molecular flexibility index (Phi) is 8.15. The molecule has 1 saturated heterocycles. The predicted molar refractivity (Wildman–Crippen MR) is 68.7 cm³/mol. The summed E-state index contributed by atoms with van der Waals surface area (Å²) in [6.45, 7) is -3.78. The maximum absolute atomic E-state index is 14.2. The zero-order valence-electron chi connectivity index (χ0n) is 15.1. The van der Waals surface area contributed by atoms with Gasteiger partial charge in [-0.25, -0.2) is 22.0 Å². The minimum atomic E-state index is -7.03. The van der Waals surface area contributed by atoms with Crippen molar-refractivity contribution in [3.8, 4) is 0 Å². The fourth-order valence-electron chi connectivity index (χ4n) is 2.68. The Hall–Kier alpha value is -1.31. The molecule has 1 rings (SSSR count). The van der Waals surface area contributed by atoms with Crippen molar-refractivity contribution in [3.63, 3.8) is 0 Å². The lowest BCUT2D eigenvalue weighted by Crippen LogP contribution is -2.69. The summed E-state index contributed by atoms with van der Waals surface area (Å²) in [6, 6.07) is -5.61. The molecule has 0 N–H and O–H groups in total. The van der Waals surface area contributed by atoms with Gasteiger partial charge in [0.25, 0.3) is 12.1 Å². The molecule has 4 unspecified atom stereocenters. The second-order valence-electron chi connectivity index (χ2n) is 6.57. The van der Waals surface area contributed by atoms with Gasteiger partial charge in [0, 0.05) is 6.42 Å². The molecule has 4 atom stereocenters. The van der Waals surface area contributed by atoms with Crippen LogP contribution >= 0.6 is 0 Å². The SMILES string of the molecule is FC(C(F)(F)F)C(F)(F)CC1COC(C(F)(F)C(N(C(F)(F)F)C(F)(F)F)C(F)(F)F)CO1. The van der Waals surface area contributed by atoms with Crippen LogP contribution < -0.4 is 0 Å². The van der Waals surface area contributed by atoms with E-state index in [9.17, 15) is 74.6 Å². The molecule has 0 bridgehead atoms. The number of rotatable bonds is 6. The molecule has 198 valence electrons. The van der Waals surface area contributed by atoms with Gasteiger partial charge >= 0.3 is 30.9 Å². The first-order valence-corrected chi connectivity index (χ1v) is 8.02. The van der Waals surface area contributed by atoms with Crippen molar-refractivity contribution in [3.05, 3.63) is 0 Å². The second-order valence-corrected chi connectivity index (χ2v) is 6.57. The van der Waals surface area contributed by atoms with E-state index in [1.165, 1.54) is 0 Å². The Bertz CT molecular complexity index is 629. The van der Waals surface area contributed by atoms with Gasteiger partial charge in [0.1, 0.15) is 6.10 Å². The highest BCUT2D eigenvalue weighted by Gasteiger charge is 2.73. The van der Waals surface area contributed by atoms with Crippen LogP contribution in [0.2, 0.25) is 0 Å². The Labute approximate surface area is 171 Å². The standard InChI is InChI=1S/C13H10F17NO2/c14-6(10(19,20)21)8(15,16)1-4-2-33-5(3-32-4)9(17,18)7(11(22,23)24)31(12(25,26)27)13(28,29)30/h4-7H,1-3H2. The fourth-order valence-corrected chi connectivity index (χ4v) is 2.68. The molecule has 0 amide bonds. The summed E-state index contributed by atoms with van der Waals surface area (Å²) < 4.78 is 226. The third-order valence-corrected chi connectivity index (χ3v) is 4.03. The van der Waals surface area contributed by atoms with Crippen molar-refractivity contribution in [1.29, 1.82) is 0 Å². The van der Waals surface area contributed by atoms with Gasteiger partial charge in [0.15, 0.2) is 6.04 Å². The molecular formula is C13H10F17NO2. The Balaban J connectivity index is 3.12. The third-order valence-electron chi connectivity index (χ3n) is 4.03. The Morgan fingerprint density at radius 1 is 0.667 bits per heavy atom. The molecule has 3 nitrogen and oxygen atoms in total. The van der Waals surface area contributed by atoms with E-state index in [-0.39, 0.29) is 0 Å². The van der Waals surface area contributed by atoms with Crippen molar-refractivity contribution >= 4 is 0 Å². The minimum Gasteiger partial charge on any atom is -0.373 e. The highest BCUT2D eigenvalue weighted by molar-refractivity contribution is 4.99. The average Bonchev–Trinajstić information content (AvgIpc) is 2.54. The molecule has 20 heteroatoms. The summed E-state index contributed by atoms with van der Waals surface area (Å²) in [6.07, 6.45) is -40.0. The van der Waals surface area contributed by atoms with Gasteiger partial charge in [0.05, 0.1) is 19.3 Å². The molecule has 1 fully saturated rings. The summed E-state index contributed by atoms with van der Waals surface area (Å²) in [4.78, 5) is -3.44. The Morgan fingerprint density at radius 2 is 1.12 bits per heavy atom. The first-order valence-electron chi connectivity index (χ1n) is 8.02. The summed E-state index contributed by atoms with van der Waals surface area (Å²) in [7, 11) is 0. The zero-order valence-corrected chi connectivity index (χ0v) is 15.1. The van der Waals surface area contributed by atoms with Crippen LogP contribution in [0.4, 0.5) is 74.6 Å². The second kappa shape index (κ2) is 9.04. The van der Waals surface area contributed by atoms with Gasteiger partial charge in [-0.15, -0.1) is 4.90 Å². The van der Waals surface area contributed by atoms with Gasteiger partial charge < -0.3 is 9.47 Å². The Morgan fingerprint density at radius 3 is 1.42 bits per heavy atom. The molecule has 0 radical (unpaired) electrons. The van der Waals surface area contributed by atoms with Crippen LogP contribution in [-0.2, 0) is 9.47 Å².